The molecule has 0 saturated carbocycles. The summed E-state index contributed by atoms with van der Waals surface area (Å²) in [5.41, 5.74) is 0.786. The molecule has 12 heteroatoms. The second-order valence-corrected chi connectivity index (χ2v) is 15.3. The monoisotopic (exact) mass is 727 g/mol. The lowest BCUT2D eigenvalue weighted by Gasteiger charge is -2.29. The number of ether oxygens (including phenoxy) is 1. The fourth-order valence-corrected chi connectivity index (χ4v) is 6.51. The minimum absolute atomic E-state index is 0.0123. The molecule has 1 saturated heterocycles. The third-order valence-electron chi connectivity index (χ3n) is 9.59. The van der Waals surface area contributed by atoms with Crippen molar-refractivity contribution in [3.05, 3.63) is 35.9 Å². The van der Waals surface area contributed by atoms with Gasteiger partial charge in [-0.25, -0.2) is 4.79 Å². The van der Waals surface area contributed by atoms with Crippen LogP contribution in [-0.4, -0.2) is 72.3 Å². The van der Waals surface area contributed by atoms with E-state index in [-0.39, 0.29) is 50.0 Å². The number of unbranched alkanes of at least 4 members (excludes halogenated alkanes) is 3. The molecule has 0 radical (unpaired) electrons. The highest BCUT2D eigenvalue weighted by molar-refractivity contribution is 5.95. The molecule has 52 heavy (non-hydrogen) atoms. The molecule has 1 aromatic rings. The Labute approximate surface area is 311 Å². The summed E-state index contributed by atoms with van der Waals surface area (Å²) in [4.78, 5) is 81.2. The van der Waals surface area contributed by atoms with Gasteiger partial charge >= 0.3 is 5.97 Å². The van der Waals surface area contributed by atoms with Gasteiger partial charge in [0.2, 0.25) is 29.5 Å². The fourth-order valence-electron chi connectivity index (χ4n) is 6.51. The third kappa shape index (κ3) is 15.7. The maximum atomic E-state index is 14.0. The van der Waals surface area contributed by atoms with Crippen molar-refractivity contribution in [1.29, 1.82) is 0 Å². The summed E-state index contributed by atoms with van der Waals surface area (Å²) in [5.74, 6) is -3.63. The molecule has 1 fully saturated rings. The molecule has 0 aliphatic carbocycles. The van der Waals surface area contributed by atoms with Crippen LogP contribution in [0.15, 0.2) is 30.3 Å². The van der Waals surface area contributed by atoms with Crippen LogP contribution >= 0.6 is 0 Å². The van der Waals surface area contributed by atoms with Crippen LogP contribution in [0.25, 0.3) is 0 Å². The van der Waals surface area contributed by atoms with Gasteiger partial charge < -0.3 is 31.3 Å². The van der Waals surface area contributed by atoms with E-state index in [0.29, 0.717) is 12.3 Å². The van der Waals surface area contributed by atoms with Crippen molar-refractivity contribution in [3.8, 4) is 0 Å². The minimum Gasteiger partial charge on any atom is -0.460 e. The predicted molar refractivity (Wildman–Crippen MR) is 202 cm³/mol. The number of esters is 1. The third-order valence-corrected chi connectivity index (χ3v) is 9.59. The highest BCUT2D eigenvalue weighted by Crippen LogP contribution is 2.25. The van der Waals surface area contributed by atoms with Crippen molar-refractivity contribution >= 4 is 35.5 Å². The standard InChI is InChI=1S/C40H65N5O7/c1-9-11-12-14-17-27(7)21-28(8)33-23-34(46)41-24-35(47)45-36(26(5)6)39(50)43-31(20-25(3)4)38(49)42-30(10-2)37(48)44-32(40(51)52-33)22-29-18-15-13-16-19-29/h13,15-16,18-19,25-28,30-33,36H,9-12,14,17,20-24H2,1-8H3,(H,41,46)(H,42,49)(H,43,50)(H,44,48)(H,45,47)/t27-,28-,30-,31+,32-,33-,36-/m0/s1. The van der Waals surface area contributed by atoms with E-state index in [1.54, 1.807) is 20.8 Å². The molecule has 1 aromatic carbocycles. The summed E-state index contributed by atoms with van der Waals surface area (Å²) in [7, 11) is 0. The van der Waals surface area contributed by atoms with Gasteiger partial charge in [-0.15, -0.1) is 0 Å². The Bertz CT molecular complexity index is 1300. The van der Waals surface area contributed by atoms with Gasteiger partial charge in [-0.2, -0.15) is 0 Å². The zero-order valence-electron chi connectivity index (χ0n) is 32.7. The number of rotatable bonds is 14. The number of carbonyl (C=O) groups excluding carboxylic acids is 6. The Hall–Kier alpha value is -3.96. The van der Waals surface area contributed by atoms with E-state index in [1.807, 2.05) is 51.1 Å². The van der Waals surface area contributed by atoms with Crippen LogP contribution in [0, 0.1) is 23.7 Å². The summed E-state index contributed by atoms with van der Waals surface area (Å²) >= 11 is 0. The van der Waals surface area contributed by atoms with Gasteiger partial charge in [0.15, 0.2) is 0 Å². The molecule has 1 heterocycles. The molecule has 0 bridgehead atoms. The molecule has 1 aliphatic heterocycles. The lowest BCUT2D eigenvalue weighted by Crippen LogP contribution is -2.59. The summed E-state index contributed by atoms with van der Waals surface area (Å²) < 4.78 is 6.11. The SMILES string of the molecule is CCCCCC[C@H](C)C[C@H](C)[C@@H]1CC(=O)NCC(=O)N[C@@H](C(C)C)C(=O)N[C@H](CC(C)C)C(=O)N[C@@H](CC)C(=O)N[C@@H](Cc2ccccc2)C(=O)O1. The largest absolute Gasteiger partial charge is 0.460 e. The van der Waals surface area contributed by atoms with Gasteiger partial charge in [0.05, 0.1) is 13.0 Å². The minimum atomic E-state index is -1.11. The van der Waals surface area contributed by atoms with Crippen molar-refractivity contribution in [2.45, 2.75) is 150 Å². The van der Waals surface area contributed by atoms with Crippen molar-refractivity contribution in [1.82, 2.24) is 26.6 Å². The van der Waals surface area contributed by atoms with Crippen LogP contribution in [0.3, 0.4) is 0 Å². The number of amides is 5. The predicted octanol–water partition coefficient (Wildman–Crippen LogP) is 4.34. The van der Waals surface area contributed by atoms with E-state index in [9.17, 15) is 28.8 Å². The van der Waals surface area contributed by atoms with Crippen LogP contribution in [0.2, 0.25) is 0 Å². The van der Waals surface area contributed by atoms with Gasteiger partial charge in [-0.05, 0) is 48.5 Å². The van der Waals surface area contributed by atoms with Gasteiger partial charge in [-0.3, -0.25) is 24.0 Å². The first-order chi connectivity index (χ1) is 24.6. The highest BCUT2D eigenvalue weighted by Gasteiger charge is 2.34. The van der Waals surface area contributed by atoms with Gasteiger partial charge in [0, 0.05) is 6.42 Å². The van der Waals surface area contributed by atoms with Crippen LogP contribution in [0.5, 0.6) is 0 Å². The fraction of sp³-hybridized carbons (Fsp3) is 0.700. The van der Waals surface area contributed by atoms with Crippen molar-refractivity contribution in [3.63, 3.8) is 0 Å². The number of nitrogens with one attached hydrogen (secondary N) is 5. The van der Waals surface area contributed by atoms with Gasteiger partial charge in [-0.1, -0.05) is 118 Å². The quantitative estimate of drug-likeness (QED) is 0.140. The second-order valence-electron chi connectivity index (χ2n) is 15.3. The first kappa shape index (κ1) is 44.2. The summed E-state index contributed by atoms with van der Waals surface area (Å²) in [6.07, 6.45) is 5.88. The van der Waals surface area contributed by atoms with Crippen LogP contribution < -0.4 is 26.6 Å². The highest BCUT2D eigenvalue weighted by atomic mass is 16.5. The van der Waals surface area contributed by atoms with E-state index in [2.05, 4.69) is 40.4 Å². The maximum Gasteiger partial charge on any atom is 0.329 e. The maximum absolute atomic E-state index is 14.0. The molecule has 7 atom stereocenters. The number of benzene rings is 1. The van der Waals surface area contributed by atoms with E-state index in [1.165, 1.54) is 6.42 Å². The number of hydrogen-bond donors (Lipinski definition) is 5. The molecular weight excluding hydrogens is 662 g/mol. The smallest absolute Gasteiger partial charge is 0.329 e. The molecule has 5 N–H and O–H groups in total. The molecular formula is C40H65N5O7. The Kier molecular flexibility index (Phi) is 19.4. The summed E-state index contributed by atoms with van der Waals surface area (Å²) in [5, 5.41) is 13.7. The van der Waals surface area contributed by atoms with E-state index in [4.69, 9.17) is 4.74 Å². The van der Waals surface area contributed by atoms with Gasteiger partial charge in [0.1, 0.15) is 30.3 Å². The zero-order valence-corrected chi connectivity index (χ0v) is 32.7. The zero-order chi connectivity index (χ0) is 38.8. The first-order valence-electron chi connectivity index (χ1n) is 19.4. The Morgan fingerprint density at radius 2 is 1.37 bits per heavy atom. The van der Waals surface area contributed by atoms with Crippen molar-refractivity contribution in [2.75, 3.05) is 6.54 Å². The van der Waals surface area contributed by atoms with E-state index >= 15 is 0 Å². The molecule has 5 amide bonds. The lowest BCUT2D eigenvalue weighted by molar-refractivity contribution is -0.157. The molecule has 1 aliphatic rings. The number of hydrogen-bond acceptors (Lipinski definition) is 7. The Morgan fingerprint density at radius 1 is 0.731 bits per heavy atom. The van der Waals surface area contributed by atoms with Crippen molar-refractivity contribution < 1.29 is 33.5 Å². The second kappa shape index (κ2) is 22.9. The average Bonchev–Trinajstić information content (AvgIpc) is 3.09. The molecule has 2 rings (SSSR count). The van der Waals surface area contributed by atoms with Crippen LogP contribution in [0.1, 0.15) is 119 Å². The normalized spacial score (nSPS) is 24.3. The molecule has 0 spiro atoms. The molecule has 0 aromatic heterocycles. The molecule has 12 nitrogen and oxygen atoms in total. The van der Waals surface area contributed by atoms with Crippen LogP contribution in [-0.2, 0) is 39.9 Å². The molecule has 0 unspecified atom stereocenters. The first-order valence-corrected chi connectivity index (χ1v) is 19.4. The average molecular weight is 728 g/mol. The lowest BCUT2D eigenvalue weighted by atomic mass is 9.88. The van der Waals surface area contributed by atoms with E-state index in [0.717, 1.165) is 31.2 Å². The summed E-state index contributed by atoms with van der Waals surface area (Å²) in [6.45, 7) is 15.0. The summed E-state index contributed by atoms with van der Waals surface area (Å²) in [6, 6.07) is 5.11. The van der Waals surface area contributed by atoms with Gasteiger partial charge in [0.25, 0.3) is 0 Å². The van der Waals surface area contributed by atoms with Crippen molar-refractivity contribution in [2.24, 2.45) is 23.7 Å². The topological polar surface area (TPSA) is 172 Å². The Balaban J connectivity index is 2.50. The number of carbonyl (C=O) groups is 6. The molecule has 292 valence electrons. The number of cyclic esters (lactones) is 1. The van der Waals surface area contributed by atoms with Crippen LogP contribution in [0.4, 0.5) is 0 Å². The Morgan fingerprint density at radius 3 is 1.98 bits per heavy atom. The van der Waals surface area contributed by atoms with E-state index < -0.39 is 65.8 Å².